The highest BCUT2D eigenvalue weighted by Gasteiger charge is 2.26. The Morgan fingerprint density at radius 3 is 2.44 bits per heavy atom. The molecule has 0 unspecified atom stereocenters. The van der Waals surface area contributed by atoms with E-state index in [0.29, 0.717) is 18.8 Å². The van der Waals surface area contributed by atoms with Gasteiger partial charge >= 0.3 is 0 Å². The lowest BCUT2D eigenvalue weighted by molar-refractivity contribution is 0.0739. The van der Waals surface area contributed by atoms with Gasteiger partial charge in [-0.1, -0.05) is 6.07 Å². The third kappa shape index (κ3) is 2.84. The first-order chi connectivity index (χ1) is 12.1. The van der Waals surface area contributed by atoms with Crippen LogP contribution in [-0.4, -0.2) is 51.4 Å². The number of anilines is 1. The normalized spacial score (nSPS) is 15.0. The van der Waals surface area contributed by atoms with Gasteiger partial charge in [-0.25, -0.2) is 4.98 Å². The molecular formula is C19H21N5O. The van der Waals surface area contributed by atoms with Crippen molar-refractivity contribution in [1.29, 1.82) is 0 Å². The molecule has 3 aromatic heterocycles. The molecule has 0 aliphatic carbocycles. The zero-order chi connectivity index (χ0) is 17.4. The quantitative estimate of drug-likeness (QED) is 0.721. The van der Waals surface area contributed by atoms with Crippen LogP contribution in [0.15, 0.2) is 42.9 Å². The Labute approximate surface area is 146 Å². The molecule has 1 saturated heterocycles. The summed E-state index contributed by atoms with van der Waals surface area (Å²) in [5.41, 5.74) is 4.55. The summed E-state index contributed by atoms with van der Waals surface area (Å²) in [6.07, 6.45) is 5.59. The highest BCUT2D eigenvalue weighted by atomic mass is 16.2. The van der Waals surface area contributed by atoms with Gasteiger partial charge in [-0.2, -0.15) is 0 Å². The van der Waals surface area contributed by atoms with Crippen molar-refractivity contribution in [2.45, 2.75) is 13.8 Å². The van der Waals surface area contributed by atoms with Crippen LogP contribution in [0, 0.1) is 13.8 Å². The molecule has 0 saturated carbocycles. The molecule has 0 aromatic carbocycles. The summed E-state index contributed by atoms with van der Waals surface area (Å²) >= 11 is 0. The van der Waals surface area contributed by atoms with Crippen LogP contribution in [0.5, 0.6) is 0 Å². The second-order valence-corrected chi connectivity index (χ2v) is 6.47. The van der Waals surface area contributed by atoms with Gasteiger partial charge in [0.05, 0.1) is 5.69 Å². The highest BCUT2D eigenvalue weighted by molar-refractivity contribution is 5.95. The van der Waals surface area contributed by atoms with E-state index in [0.717, 1.165) is 35.7 Å². The number of carbonyl (C=O) groups is 1. The second-order valence-electron chi connectivity index (χ2n) is 6.47. The van der Waals surface area contributed by atoms with E-state index in [-0.39, 0.29) is 5.91 Å². The number of pyridine rings is 2. The van der Waals surface area contributed by atoms with E-state index in [1.807, 2.05) is 53.6 Å². The second kappa shape index (κ2) is 6.20. The number of nitrogens with zero attached hydrogens (tertiary/aromatic N) is 5. The zero-order valence-electron chi connectivity index (χ0n) is 14.5. The lowest BCUT2D eigenvalue weighted by Crippen LogP contribution is -2.49. The number of carbonyl (C=O) groups excluding carboxylic acids is 1. The molecule has 1 fully saturated rings. The standard InChI is InChI=1S/C19H21N5O/c1-14-3-4-17-21-15(2)18(24(17)13-14)19(25)23-11-9-22(10-12-23)16-5-7-20-8-6-16/h3-8,13H,9-12H2,1-2H3. The summed E-state index contributed by atoms with van der Waals surface area (Å²) in [5, 5.41) is 0. The Balaban J connectivity index is 1.55. The zero-order valence-corrected chi connectivity index (χ0v) is 14.5. The number of rotatable bonds is 2. The van der Waals surface area contributed by atoms with Gasteiger partial charge in [-0.15, -0.1) is 0 Å². The maximum atomic E-state index is 13.1. The van der Waals surface area contributed by atoms with E-state index in [9.17, 15) is 4.79 Å². The number of piperazine rings is 1. The molecule has 4 rings (SSSR count). The summed E-state index contributed by atoms with van der Waals surface area (Å²) in [6, 6.07) is 7.99. The van der Waals surface area contributed by atoms with E-state index in [2.05, 4.69) is 14.9 Å². The molecule has 1 aliphatic heterocycles. The van der Waals surface area contributed by atoms with Gasteiger partial charge in [-0.3, -0.25) is 14.2 Å². The Kier molecular flexibility index (Phi) is 3.87. The number of fused-ring (bicyclic) bond motifs is 1. The molecule has 1 aliphatic rings. The van der Waals surface area contributed by atoms with Crippen molar-refractivity contribution in [3.05, 3.63) is 59.8 Å². The number of amides is 1. The van der Waals surface area contributed by atoms with E-state index in [1.165, 1.54) is 0 Å². The lowest BCUT2D eigenvalue weighted by Gasteiger charge is -2.36. The number of aryl methyl sites for hydroxylation is 2. The Morgan fingerprint density at radius 2 is 1.72 bits per heavy atom. The molecule has 4 heterocycles. The summed E-state index contributed by atoms with van der Waals surface area (Å²) in [7, 11) is 0. The number of hydrogen-bond acceptors (Lipinski definition) is 4. The van der Waals surface area contributed by atoms with Crippen LogP contribution in [0.2, 0.25) is 0 Å². The van der Waals surface area contributed by atoms with Gasteiger partial charge in [-0.05, 0) is 37.6 Å². The minimum atomic E-state index is 0.0602. The first-order valence-corrected chi connectivity index (χ1v) is 8.53. The van der Waals surface area contributed by atoms with Crippen LogP contribution >= 0.6 is 0 Å². The molecule has 6 nitrogen and oxygen atoms in total. The topological polar surface area (TPSA) is 53.7 Å². The molecule has 3 aromatic rings. The fourth-order valence-electron chi connectivity index (χ4n) is 3.40. The van der Waals surface area contributed by atoms with Crippen LogP contribution < -0.4 is 4.90 Å². The molecule has 0 radical (unpaired) electrons. The average Bonchev–Trinajstić information content (AvgIpc) is 2.97. The molecule has 128 valence electrons. The van der Waals surface area contributed by atoms with Gasteiger partial charge in [0.15, 0.2) is 0 Å². The van der Waals surface area contributed by atoms with Crippen molar-refractivity contribution in [2.24, 2.45) is 0 Å². The monoisotopic (exact) mass is 335 g/mol. The molecule has 6 heteroatoms. The van der Waals surface area contributed by atoms with Crippen molar-refractivity contribution in [3.8, 4) is 0 Å². The van der Waals surface area contributed by atoms with E-state index in [4.69, 9.17) is 0 Å². The maximum absolute atomic E-state index is 13.1. The van der Waals surface area contributed by atoms with E-state index >= 15 is 0 Å². The van der Waals surface area contributed by atoms with Crippen molar-refractivity contribution in [2.75, 3.05) is 31.1 Å². The summed E-state index contributed by atoms with van der Waals surface area (Å²) in [5.74, 6) is 0.0602. The Bertz CT molecular complexity index is 910. The largest absolute Gasteiger partial charge is 0.368 e. The van der Waals surface area contributed by atoms with Crippen LogP contribution in [0.1, 0.15) is 21.7 Å². The molecule has 0 bridgehead atoms. The SMILES string of the molecule is Cc1ccc2nc(C)c(C(=O)N3CCN(c4ccncc4)CC3)n2c1. The molecule has 1 amide bonds. The highest BCUT2D eigenvalue weighted by Crippen LogP contribution is 2.19. The predicted molar refractivity (Wildman–Crippen MR) is 97.0 cm³/mol. The van der Waals surface area contributed by atoms with Crippen molar-refractivity contribution in [1.82, 2.24) is 19.3 Å². The molecule has 0 N–H and O–H groups in total. The van der Waals surface area contributed by atoms with Crippen LogP contribution in [0.4, 0.5) is 5.69 Å². The van der Waals surface area contributed by atoms with Crippen molar-refractivity contribution < 1.29 is 4.79 Å². The third-order valence-corrected chi connectivity index (χ3v) is 4.74. The van der Waals surface area contributed by atoms with Crippen LogP contribution in [0.25, 0.3) is 5.65 Å². The van der Waals surface area contributed by atoms with Crippen LogP contribution in [-0.2, 0) is 0 Å². The summed E-state index contributed by atoms with van der Waals surface area (Å²) in [6.45, 7) is 6.99. The smallest absolute Gasteiger partial charge is 0.272 e. The molecule has 0 spiro atoms. The van der Waals surface area contributed by atoms with Gasteiger partial charge in [0, 0.05) is 50.5 Å². The third-order valence-electron chi connectivity index (χ3n) is 4.74. The van der Waals surface area contributed by atoms with E-state index in [1.54, 1.807) is 12.4 Å². The minimum Gasteiger partial charge on any atom is -0.368 e. The van der Waals surface area contributed by atoms with Gasteiger partial charge in [0.25, 0.3) is 5.91 Å². The first-order valence-electron chi connectivity index (χ1n) is 8.53. The van der Waals surface area contributed by atoms with Gasteiger partial charge < -0.3 is 9.80 Å². The summed E-state index contributed by atoms with van der Waals surface area (Å²) < 4.78 is 1.92. The fourth-order valence-corrected chi connectivity index (χ4v) is 3.40. The maximum Gasteiger partial charge on any atom is 0.272 e. The Morgan fingerprint density at radius 1 is 1.00 bits per heavy atom. The number of hydrogen-bond donors (Lipinski definition) is 0. The minimum absolute atomic E-state index is 0.0602. The molecular weight excluding hydrogens is 314 g/mol. The average molecular weight is 335 g/mol. The van der Waals surface area contributed by atoms with Gasteiger partial charge in [0.1, 0.15) is 11.3 Å². The van der Waals surface area contributed by atoms with Crippen LogP contribution in [0.3, 0.4) is 0 Å². The number of imidazole rings is 1. The Hall–Kier alpha value is -2.89. The molecule has 25 heavy (non-hydrogen) atoms. The molecule has 0 atom stereocenters. The van der Waals surface area contributed by atoms with Crippen molar-refractivity contribution >= 4 is 17.2 Å². The number of aromatic nitrogens is 3. The fraction of sp³-hybridized carbons (Fsp3) is 0.316. The summed E-state index contributed by atoms with van der Waals surface area (Å²) in [4.78, 5) is 25.9. The van der Waals surface area contributed by atoms with Gasteiger partial charge in [0.2, 0.25) is 0 Å². The predicted octanol–water partition coefficient (Wildman–Crippen LogP) is 2.31. The first kappa shape index (κ1) is 15.6. The lowest BCUT2D eigenvalue weighted by atomic mass is 10.2. The van der Waals surface area contributed by atoms with E-state index < -0.39 is 0 Å². The van der Waals surface area contributed by atoms with Crippen molar-refractivity contribution in [3.63, 3.8) is 0 Å².